The summed E-state index contributed by atoms with van der Waals surface area (Å²) < 4.78 is 5.78. The van der Waals surface area contributed by atoms with Crippen molar-refractivity contribution in [2.24, 2.45) is 0 Å². The molecular weight excluding hydrogens is 578 g/mol. The third kappa shape index (κ3) is 8.28. The highest BCUT2D eigenvalue weighted by molar-refractivity contribution is 6.36. The van der Waals surface area contributed by atoms with Gasteiger partial charge in [-0.05, 0) is 48.7 Å². The Balaban J connectivity index is 1.65. The van der Waals surface area contributed by atoms with Crippen LogP contribution in [0.5, 0.6) is 5.75 Å². The molecule has 2 amide bonds. The molecule has 3 aromatic carbocycles. The molecule has 4 rings (SSSR count). The first-order valence-corrected chi connectivity index (χ1v) is 14.5. The van der Waals surface area contributed by atoms with E-state index in [1.165, 1.54) is 11.3 Å². The summed E-state index contributed by atoms with van der Waals surface area (Å²) in [5.74, 6) is -0.306. The highest BCUT2D eigenvalue weighted by atomic mass is 35.5. The highest BCUT2D eigenvalue weighted by Crippen LogP contribution is 2.29. The fourth-order valence-corrected chi connectivity index (χ4v) is 5.75. The van der Waals surface area contributed by atoms with E-state index in [0.717, 1.165) is 31.2 Å². The maximum absolute atomic E-state index is 13.8. The molecule has 0 spiro atoms. The number of halogens is 4. The summed E-state index contributed by atoms with van der Waals surface area (Å²) in [4.78, 5) is 29.2. The van der Waals surface area contributed by atoms with E-state index in [1.54, 1.807) is 36.4 Å². The van der Waals surface area contributed by atoms with Crippen LogP contribution in [-0.4, -0.2) is 35.4 Å². The maximum atomic E-state index is 13.8. The minimum Gasteiger partial charge on any atom is -0.482 e. The molecule has 1 aliphatic carbocycles. The Labute approximate surface area is 249 Å². The summed E-state index contributed by atoms with van der Waals surface area (Å²) in [6.07, 6.45) is 5.47. The van der Waals surface area contributed by atoms with Crippen LogP contribution in [0.25, 0.3) is 0 Å². The molecule has 0 saturated heterocycles. The Hall–Kier alpha value is -2.44. The minimum atomic E-state index is -0.821. The molecule has 5 nitrogen and oxygen atoms in total. The Kier molecular flexibility index (Phi) is 10.8. The lowest BCUT2D eigenvalue weighted by Crippen LogP contribution is -2.53. The fraction of sp³-hybridized carbons (Fsp3) is 0.333. The van der Waals surface area contributed by atoms with Crippen molar-refractivity contribution in [2.75, 3.05) is 6.61 Å². The first-order valence-electron chi connectivity index (χ1n) is 13.0. The predicted octanol–water partition coefficient (Wildman–Crippen LogP) is 7.77. The minimum absolute atomic E-state index is 0.0324. The lowest BCUT2D eigenvalue weighted by Gasteiger charge is -2.33. The zero-order valence-corrected chi connectivity index (χ0v) is 24.4. The Bertz CT molecular complexity index is 1260. The van der Waals surface area contributed by atoms with Crippen molar-refractivity contribution in [1.29, 1.82) is 0 Å². The molecule has 1 atom stereocenters. The lowest BCUT2D eigenvalue weighted by atomic mass is 9.94. The van der Waals surface area contributed by atoms with Gasteiger partial charge in [0.2, 0.25) is 5.91 Å². The van der Waals surface area contributed by atoms with Gasteiger partial charge < -0.3 is 15.0 Å². The van der Waals surface area contributed by atoms with Crippen LogP contribution in [0.2, 0.25) is 20.1 Å². The average molecular weight is 608 g/mol. The summed E-state index contributed by atoms with van der Waals surface area (Å²) in [5, 5.41) is 4.76. The number of rotatable bonds is 10. The van der Waals surface area contributed by atoms with E-state index in [0.29, 0.717) is 32.8 Å². The largest absolute Gasteiger partial charge is 0.482 e. The monoisotopic (exact) mass is 606 g/mol. The summed E-state index contributed by atoms with van der Waals surface area (Å²) in [6.45, 7) is -0.309. The molecule has 1 fully saturated rings. The van der Waals surface area contributed by atoms with Crippen molar-refractivity contribution >= 4 is 58.2 Å². The summed E-state index contributed by atoms with van der Waals surface area (Å²) in [5.41, 5.74) is 1.48. The average Bonchev–Trinajstić information content (AvgIpc) is 2.92. The molecule has 0 heterocycles. The Morgan fingerprint density at radius 2 is 1.56 bits per heavy atom. The van der Waals surface area contributed by atoms with Gasteiger partial charge >= 0.3 is 0 Å². The smallest absolute Gasteiger partial charge is 0.261 e. The van der Waals surface area contributed by atoms with Crippen LogP contribution < -0.4 is 10.1 Å². The second-order valence-corrected chi connectivity index (χ2v) is 11.3. The van der Waals surface area contributed by atoms with Crippen molar-refractivity contribution in [3.63, 3.8) is 0 Å². The number of hydrogen-bond acceptors (Lipinski definition) is 3. The number of amides is 2. The van der Waals surface area contributed by atoms with Gasteiger partial charge in [-0.2, -0.15) is 0 Å². The number of ether oxygens (including phenoxy) is 1. The van der Waals surface area contributed by atoms with Crippen LogP contribution in [0.4, 0.5) is 0 Å². The first-order chi connectivity index (χ1) is 18.8. The SMILES string of the molecule is O=C(NC1CCCCC1)[C@H](Cc1ccccc1)N(Cc1c(Cl)cccc1Cl)C(=O)COc1ccc(Cl)cc1Cl. The van der Waals surface area contributed by atoms with E-state index in [-0.39, 0.29) is 30.1 Å². The summed E-state index contributed by atoms with van der Waals surface area (Å²) in [6, 6.07) is 18.8. The number of nitrogens with one attached hydrogen (secondary N) is 1. The van der Waals surface area contributed by atoms with Crippen molar-refractivity contribution in [2.45, 2.75) is 57.2 Å². The molecule has 0 unspecified atom stereocenters. The number of carbonyl (C=O) groups is 2. The normalized spacial score (nSPS) is 14.5. The van der Waals surface area contributed by atoms with Gasteiger partial charge in [0, 0.05) is 39.6 Å². The van der Waals surface area contributed by atoms with E-state index in [4.69, 9.17) is 51.1 Å². The summed E-state index contributed by atoms with van der Waals surface area (Å²) in [7, 11) is 0. The van der Waals surface area contributed by atoms with Crippen LogP contribution in [0.3, 0.4) is 0 Å². The van der Waals surface area contributed by atoms with Crippen LogP contribution in [-0.2, 0) is 22.6 Å². The molecule has 0 aliphatic heterocycles. The quantitative estimate of drug-likeness (QED) is 0.256. The van der Waals surface area contributed by atoms with E-state index in [2.05, 4.69) is 5.32 Å². The predicted molar refractivity (Wildman–Crippen MR) is 158 cm³/mol. The lowest BCUT2D eigenvalue weighted by molar-refractivity contribution is -0.143. The van der Waals surface area contributed by atoms with Gasteiger partial charge in [-0.25, -0.2) is 0 Å². The fourth-order valence-electron chi connectivity index (χ4n) is 4.77. The van der Waals surface area contributed by atoms with Gasteiger partial charge in [0.15, 0.2) is 6.61 Å². The van der Waals surface area contributed by atoms with E-state index in [1.807, 2.05) is 30.3 Å². The first kappa shape index (κ1) is 29.5. The van der Waals surface area contributed by atoms with Crippen molar-refractivity contribution in [1.82, 2.24) is 10.2 Å². The van der Waals surface area contributed by atoms with Crippen LogP contribution >= 0.6 is 46.4 Å². The molecule has 39 heavy (non-hydrogen) atoms. The molecule has 0 aromatic heterocycles. The zero-order valence-electron chi connectivity index (χ0n) is 21.3. The number of hydrogen-bond donors (Lipinski definition) is 1. The summed E-state index contributed by atoms with van der Waals surface area (Å²) >= 11 is 25.3. The van der Waals surface area contributed by atoms with Crippen molar-refractivity contribution in [3.8, 4) is 5.75 Å². The van der Waals surface area contributed by atoms with Gasteiger partial charge in [-0.3, -0.25) is 9.59 Å². The van der Waals surface area contributed by atoms with E-state index >= 15 is 0 Å². The molecule has 9 heteroatoms. The van der Waals surface area contributed by atoms with Gasteiger partial charge in [0.25, 0.3) is 5.91 Å². The number of nitrogens with zero attached hydrogens (tertiary/aromatic N) is 1. The third-order valence-electron chi connectivity index (χ3n) is 6.86. The Morgan fingerprint density at radius 3 is 2.23 bits per heavy atom. The van der Waals surface area contributed by atoms with Crippen molar-refractivity contribution in [3.05, 3.63) is 97.9 Å². The number of benzene rings is 3. The highest BCUT2D eigenvalue weighted by Gasteiger charge is 2.33. The van der Waals surface area contributed by atoms with Crippen LogP contribution in [0.1, 0.15) is 43.2 Å². The second-order valence-electron chi connectivity index (χ2n) is 9.63. The molecule has 3 aromatic rings. The van der Waals surface area contributed by atoms with Gasteiger partial charge in [0.05, 0.1) is 5.02 Å². The van der Waals surface area contributed by atoms with E-state index < -0.39 is 11.9 Å². The van der Waals surface area contributed by atoms with Crippen LogP contribution in [0, 0.1) is 0 Å². The third-order valence-corrected chi connectivity index (χ3v) is 8.10. The molecule has 1 N–H and O–H groups in total. The Morgan fingerprint density at radius 1 is 0.872 bits per heavy atom. The second kappa shape index (κ2) is 14.3. The maximum Gasteiger partial charge on any atom is 0.261 e. The molecule has 0 radical (unpaired) electrons. The van der Waals surface area contributed by atoms with E-state index in [9.17, 15) is 9.59 Å². The molecule has 0 bridgehead atoms. The molecule has 1 aliphatic rings. The topological polar surface area (TPSA) is 58.6 Å². The number of carbonyl (C=O) groups excluding carboxylic acids is 2. The molecule has 1 saturated carbocycles. The zero-order chi connectivity index (χ0) is 27.8. The standard InChI is InChI=1S/C30H30Cl4N2O3/c31-21-14-15-28(26(34)17-21)39-19-29(37)36(18-23-24(32)12-7-13-25(23)33)27(16-20-8-3-1-4-9-20)30(38)35-22-10-5-2-6-11-22/h1,3-4,7-9,12-15,17,22,27H,2,5-6,10-11,16,18-19H2,(H,35,38)/t27-/m0/s1. The van der Waals surface area contributed by atoms with Crippen LogP contribution in [0.15, 0.2) is 66.7 Å². The molecule has 206 valence electrons. The molecular formula is C30H30Cl4N2O3. The van der Waals surface area contributed by atoms with Gasteiger partial charge in [0.1, 0.15) is 11.8 Å². The van der Waals surface area contributed by atoms with Crippen molar-refractivity contribution < 1.29 is 14.3 Å². The van der Waals surface area contributed by atoms with Gasteiger partial charge in [-0.15, -0.1) is 0 Å². The van der Waals surface area contributed by atoms with Gasteiger partial charge in [-0.1, -0.05) is 102 Å².